The third kappa shape index (κ3) is 4.45. The third-order valence-electron chi connectivity index (χ3n) is 3.56. The van der Waals surface area contributed by atoms with Crippen LogP contribution in [-0.2, 0) is 19.9 Å². The van der Waals surface area contributed by atoms with E-state index >= 15 is 0 Å². The molecule has 0 saturated carbocycles. The monoisotopic (exact) mass is 251 g/mol. The molecule has 104 valence electrons. The van der Waals surface area contributed by atoms with Crippen LogP contribution in [0, 0.1) is 5.92 Å². The number of aromatic nitrogens is 2. The van der Waals surface area contributed by atoms with Crippen LogP contribution in [0.1, 0.15) is 51.9 Å². The van der Waals surface area contributed by atoms with E-state index in [9.17, 15) is 0 Å². The summed E-state index contributed by atoms with van der Waals surface area (Å²) in [6.45, 7) is 10.1. The second-order valence-corrected chi connectivity index (χ2v) is 5.45. The zero-order chi connectivity index (χ0) is 13.5. The van der Waals surface area contributed by atoms with E-state index < -0.39 is 0 Å². The van der Waals surface area contributed by atoms with Gasteiger partial charge in [-0.1, -0.05) is 27.7 Å². The molecule has 1 atom stereocenters. The fourth-order valence-corrected chi connectivity index (χ4v) is 2.28. The number of hydrogen-bond donors (Lipinski definition) is 1. The number of rotatable bonds is 8. The number of nitrogens with one attached hydrogen (secondary N) is 1. The Hall–Kier alpha value is -0.830. The lowest BCUT2D eigenvalue weighted by Gasteiger charge is -2.22. The van der Waals surface area contributed by atoms with Crippen molar-refractivity contribution in [1.82, 2.24) is 15.1 Å². The minimum atomic E-state index is 0.616. The topological polar surface area (TPSA) is 29.9 Å². The van der Waals surface area contributed by atoms with Crippen LogP contribution in [0.25, 0.3) is 0 Å². The van der Waals surface area contributed by atoms with Crippen LogP contribution in [0.4, 0.5) is 0 Å². The highest BCUT2D eigenvalue weighted by molar-refractivity contribution is 5.10. The molecule has 0 radical (unpaired) electrons. The average molecular weight is 251 g/mol. The molecular weight excluding hydrogens is 222 g/mol. The molecule has 0 saturated heterocycles. The summed E-state index contributed by atoms with van der Waals surface area (Å²) in [4.78, 5) is 0. The molecule has 0 aromatic carbocycles. The Kier molecular flexibility index (Phi) is 6.41. The predicted octanol–water partition coefficient (Wildman–Crippen LogP) is 2.94. The van der Waals surface area contributed by atoms with Gasteiger partial charge in [-0.2, -0.15) is 5.10 Å². The summed E-state index contributed by atoms with van der Waals surface area (Å²) in [5.41, 5.74) is 2.56. The Morgan fingerprint density at radius 1 is 1.33 bits per heavy atom. The van der Waals surface area contributed by atoms with E-state index in [-0.39, 0.29) is 0 Å². The van der Waals surface area contributed by atoms with E-state index in [1.54, 1.807) is 0 Å². The van der Waals surface area contributed by atoms with Crippen LogP contribution >= 0.6 is 0 Å². The summed E-state index contributed by atoms with van der Waals surface area (Å²) in [6, 6.07) is 2.86. The van der Waals surface area contributed by atoms with Crippen molar-refractivity contribution < 1.29 is 0 Å². The highest BCUT2D eigenvalue weighted by Crippen LogP contribution is 2.12. The first-order valence-corrected chi connectivity index (χ1v) is 7.33. The van der Waals surface area contributed by atoms with Gasteiger partial charge in [0.05, 0.1) is 5.69 Å². The molecule has 0 fully saturated rings. The Bertz CT molecular complexity index is 342. The number of aryl methyl sites for hydroxylation is 3. The molecule has 3 heteroatoms. The second-order valence-electron chi connectivity index (χ2n) is 5.45. The second kappa shape index (κ2) is 7.57. The highest BCUT2D eigenvalue weighted by atomic mass is 15.3. The van der Waals surface area contributed by atoms with Gasteiger partial charge >= 0.3 is 0 Å². The summed E-state index contributed by atoms with van der Waals surface area (Å²) in [5.74, 6) is 0.690. The fourth-order valence-electron chi connectivity index (χ4n) is 2.28. The van der Waals surface area contributed by atoms with Gasteiger partial charge in [0.2, 0.25) is 0 Å². The minimum Gasteiger partial charge on any atom is -0.314 e. The minimum absolute atomic E-state index is 0.616. The molecule has 0 amide bonds. The SMILES string of the molecule is CCCNC(CCc1cc(CC)nn1C)C(C)C. The van der Waals surface area contributed by atoms with Crippen molar-refractivity contribution >= 4 is 0 Å². The fraction of sp³-hybridized carbons (Fsp3) is 0.800. The van der Waals surface area contributed by atoms with Gasteiger partial charge in [-0.15, -0.1) is 0 Å². The van der Waals surface area contributed by atoms with E-state index in [0.29, 0.717) is 12.0 Å². The largest absolute Gasteiger partial charge is 0.314 e. The van der Waals surface area contributed by atoms with E-state index in [2.05, 4.69) is 51.2 Å². The Labute approximate surface area is 112 Å². The molecule has 1 rings (SSSR count). The molecule has 1 N–H and O–H groups in total. The van der Waals surface area contributed by atoms with E-state index in [4.69, 9.17) is 0 Å². The molecule has 18 heavy (non-hydrogen) atoms. The molecule has 0 aliphatic heterocycles. The third-order valence-corrected chi connectivity index (χ3v) is 3.56. The molecule has 3 nitrogen and oxygen atoms in total. The smallest absolute Gasteiger partial charge is 0.0624 e. The zero-order valence-electron chi connectivity index (χ0n) is 12.7. The van der Waals surface area contributed by atoms with Crippen LogP contribution in [0.3, 0.4) is 0 Å². The van der Waals surface area contributed by atoms with Gasteiger partial charge in [0.1, 0.15) is 0 Å². The number of nitrogens with zero attached hydrogens (tertiary/aromatic N) is 2. The lowest BCUT2D eigenvalue weighted by molar-refractivity contribution is 0.375. The Balaban J connectivity index is 2.52. The van der Waals surface area contributed by atoms with Crippen LogP contribution in [0.2, 0.25) is 0 Å². The zero-order valence-corrected chi connectivity index (χ0v) is 12.7. The summed E-state index contributed by atoms with van der Waals surface area (Å²) >= 11 is 0. The van der Waals surface area contributed by atoms with Crippen LogP contribution < -0.4 is 5.32 Å². The first kappa shape index (κ1) is 15.2. The van der Waals surface area contributed by atoms with Gasteiger partial charge < -0.3 is 5.32 Å². The lowest BCUT2D eigenvalue weighted by Crippen LogP contribution is -2.34. The Morgan fingerprint density at radius 3 is 2.56 bits per heavy atom. The molecule has 0 aliphatic carbocycles. The van der Waals surface area contributed by atoms with Crippen molar-refractivity contribution in [3.05, 3.63) is 17.5 Å². The first-order chi connectivity index (χ1) is 8.58. The normalized spacial score (nSPS) is 13.2. The Morgan fingerprint density at radius 2 is 2.06 bits per heavy atom. The average Bonchev–Trinajstić information content (AvgIpc) is 2.70. The maximum absolute atomic E-state index is 4.51. The van der Waals surface area contributed by atoms with Crippen LogP contribution in [-0.4, -0.2) is 22.4 Å². The maximum Gasteiger partial charge on any atom is 0.0624 e. The summed E-state index contributed by atoms with van der Waals surface area (Å²) in [6.07, 6.45) is 4.54. The van der Waals surface area contributed by atoms with Crippen molar-refractivity contribution in [2.24, 2.45) is 13.0 Å². The molecule has 0 spiro atoms. The van der Waals surface area contributed by atoms with Crippen LogP contribution in [0.15, 0.2) is 6.07 Å². The van der Waals surface area contributed by atoms with Gasteiger partial charge in [-0.3, -0.25) is 4.68 Å². The quantitative estimate of drug-likeness (QED) is 0.770. The lowest BCUT2D eigenvalue weighted by atomic mass is 9.98. The maximum atomic E-state index is 4.51. The van der Waals surface area contributed by atoms with Gasteiger partial charge in [-0.25, -0.2) is 0 Å². The molecule has 1 aromatic rings. The highest BCUT2D eigenvalue weighted by Gasteiger charge is 2.13. The predicted molar refractivity (Wildman–Crippen MR) is 77.8 cm³/mol. The van der Waals surface area contributed by atoms with Crippen molar-refractivity contribution in [3.63, 3.8) is 0 Å². The molecule has 1 heterocycles. The van der Waals surface area contributed by atoms with Crippen molar-refractivity contribution in [2.75, 3.05) is 6.54 Å². The molecule has 1 aromatic heterocycles. The van der Waals surface area contributed by atoms with Gasteiger partial charge in [0, 0.05) is 18.8 Å². The summed E-state index contributed by atoms with van der Waals surface area (Å²) in [7, 11) is 2.05. The van der Waals surface area contributed by atoms with E-state index in [1.807, 2.05) is 4.68 Å². The molecular formula is C15H29N3. The molecule has 0 aliphatic rings. The van der Waals surface area contributed by atoms with E-state index in [0.717, 1.165) is 19.4 Å². The van der Waals surface area contributed by atoms with Gasteiger partial charge in [0.15, 0.2) is 0 Å². The first-order valence-electron chi connectivity index (χ1n) is 7.33. The van der Waals surface area contributed by atoms with Crippen molar-refractivity contribution in [3.8, 4) is 0 Å². The van der Waals surface area contributed by atoms with E-state index in [1.165, 1.54) is 24.2 Å². The van der Waals surface area contributed by atoms with Crippen molar-refractivity contribution in [2.45, 2.75) is 59.4 Å². The van der Waals surface area contributed by atoms with Gasteiger partial charge in [0.25, 0.3) is 0 Å². The van der Waals surface area contributed by atoms with Crippen LogP contribution in [0.5, 0.6) is 0 Å². The molecule has 1 unspecified atom stereocenters. The standard InChI is InChI=1S/C15H29N3/c1-6-10-16-15(12(3)4)9-8-14-11-13(7-2)17-18(14)5/h11-12,15-16H,6-10H2,1-5H3. The van der Waals surface area contributed by atoms with Crippen molar-refractivity contribution in [1.29, 1.82) is 0 Å². The molecule has 0 bridgehead atoms. The summed E-state index contributed by atoms with van der Waals surface area (Å²) in [5, 5.41) is 8.16. The number of hydrogen-bond acceptors (Lipinski definition) is 2. The van der Waals surface area contributed by atoms with Gasteiger partial charge in [-0.05, 0) is 44.2 Å². The summed E-state index contributed by atoms with van der Waals surface area (Å²) < 4.78 is 2.04.